The van der Waals surface area contributed by atoms with Crippen LogP contribution in [0.25, 0.3) is 6.08 Å². The molecule has 3 aromatic carbocycles. The molecule has 2 fully saturated rings. The van der Waals surface area contributed by atoms with E-state index < -0.39 is 38.1 Å². The van der Waals surface area contributed by atoms with Crippen molar-refractivity contribution in [2.24, 2.45) is 17.8 Å². The topological polar surface area (TPSA) is 102 Å². The second-order valence-corrected chi connectivity index (χ2v) is 18.8. The summed E-state index contributed by atoms with van der Waals surface area (Å²) in [7, 11) is -1.75. The highest BCUT2D eigenvalue weighted by molar-refractivity contribution is 6.99. The number of hydrogen-bond donors (Lipinski definition) is 1. The van der Waals surface area contributed by atoms with Crippen molar-refractivity contribution in [3.8, 4) is 5.75 Å². The SMILES string of the molecule is CC/C(=C\c1ccccc1O)CC[C@H]1OC[C@H]2C1=C(CO[Si](c1ccccc1)(c1ccccc1)C(C)(C)C)C[C@H]1C(=O)N(C(=O)OC)C(=O)[C@H]12. The first-order valence-corrected chi connectivity index (χ1v) is 19.4. The number of benzene rings is 3. The van der Waals surface area contributed by atoms with Gasteiger partial charge >= 0.3 is 6.09 Å². The molecule has 6 rings (SSSR count). The van der Waals surface area contributed by atoms with E-state index in [1.54, 1.807) is 12.1 Å². The summed E-state index contributed by atoms with van der Waals surface area (Å²) in [6, 6.07) is 28.1. The molecule has 50 heavy (non-hydrogen) atoms. The third-order valence-electron chi connectivity index (χ3n) is 10.7. The molecule has 0 radical (unpaired) electrons. The van der Waals surface area contributed by atoms with Gasteiger partial charge in [0, 0.05) is 11.5 Å². The molecule has 9 heteroatoms. The highest BCUT2D eigenvalue weighted by Crippen LogP contribution is 2.50. The molecule has 3 aromatic rings. The van der Waals surface area contributed by atoms with Crippen LogP contribution in [0.1, 0.15) is 58.9 Å². The molecule has 2 heterocycles. The van der Waals surface area contributed by atoms with E-state index in [1.165, 1.54) is 12.7 Å². The van der Waals surface area contributed by atoms with E-state index in [4.69, 9.17) is 13.9 Å². The number of imide groups is 3. The first-order valence-electron chi connectivity index (χ1n) is 17.5. The number of nitrogens with zero attached hydrogens (tertiary/aromatic N) is 1. The molecule has 1 aliphatic carbocycles. The fourth-order valence-electron chi connectivity index (χ4n) is 8.33. The number of phenols is 1. The Morgan fingerprint density at radius 3 is 2.14 bits per heavy atom. The molecule has 0 saturated carbocycles. The first-order chi connectivity index (χ1) is 24.0. The van der Waals surface area contributed by atoms with Gasteiger partial charge in [0.25, 0.3) is 8.32 Å². The zero-order valence-corrected chi connectivity index (χ0v) is 30.6. The number of ether oxygens (including phenoxy) is 2. The second-order valence-electron chi connectivity index (χ2n) is 14.5. The van der Waals surface area contributed by atoms with Crippen LogP contribution in [0.3, 0.4) is 0 Å². The Bertz CT molecular complexity index is 1760. The van der Waals surface area contributed by atoms with Crippen LogP contribution in [0.15, 0.2) is 102 Å². The van der Waals surface area contributed by atoms with E-state index in [-0.39, 0.29) is 36.0 Å². The molecular formula is C41H47NO7Si. The van der Waals surface area contributed by atoms with Gasteiger partial charge < -0.3 is 19.0 Å². The number of para-hydroxylation sites is 1. The van der Waals surface area contributed by atoms with Gasteiger partial charge in [-0.25, -0.2) is 4.79 Å². The predicted octanol–water partition coefficient (Wildman–Crippen LogP) is 6.63. The molecule has 0 bridgehead atoms. The van der Waals surface area contributed by atoms with E-state index >= 15 is 0 Å². The van der Waals surface area contributed by atoms with Gasteiger partial charge in [-0.05, 0) is 58.3 Å². The summed E-state index contributed by atoms with van der Waals surface area (Å²) in [5.74, 6) is -2.53. The van der Waals surface area contributed by atoms with Gasteiger partial charge in [-0.3, -0.25) is 9.59 Å². The summed E-state index contributed by atoms with van der Waals surface area (Å²) in [5.41, 5.74) is 3.94. The maximum Gasteiger partial charge on any atom is 0.423 e. The second kappa shape index (κ2) is 14.5. The Hall–Kier alpha value is -4.31. The van der Waals surface area contributed by atoms with Crippen LogP contribution in [0.4, 0.5) is 4.79 Å². The minimum atomic E-state index is -2.94. The molecule has 2 aliphatic heterocycles. The standard InChI is InChI=1S/C41H47NO7Si/c1-6-27(23-28-15-13-14-20-34(28)43)21-22-35-36-29(24-32-37(33(36)26-48-35)39(45)42(38(32)44)40(46)47-5)25-49-50(41(2,3)4,30-16-9-7-10-17-30)31-18-11-8-12-19-31/h7-20,23,32-33,35,37,43H,6,21-22,24-26H2,1-5H3/b27-23+/t32-,33+,35-,37-/m1/s1. The molecule has 3 amide bonds. The lowest BCUT2D eigenvalue weighted by Crippen LogP contribution is -2.66. The summed E-state index contributed by atoms with van der Waals surface area (Å²) in [6.45, 7) is 9.35. The summed E-state index contributed by atoms with van der Waals surface area (Å²) in [4.78, 5) is 40.8. The first kappa shape index (κ1) is 35.5. The Morgan fingerprint density at radius 2 is 1.56 bits per heavy atom. The van der Waals surface area contributed by atoms with Crippen LogP contribution in [0, 0.1) is 17.8 Å². The van der Waals surface area contributed by atoms with Crippen molar-refractivity contribution in [2.45, 2.75) is 64.5 Å². The number of likely N-dealkylation sites (tertiary alicyclic amines) is 1. The third kappa shape index (κ3) is 6.38. The number of amides is 3. The predicted molar refractivity (Wildman–Crippen MR) is 195 cm³/mol. The summed E-state index contributed by atoms with van der Waals surface area (Å²) >= 11 is 0. The van der Waals surface area contributed by atoms with E-state index in [0.29, 0.717) is 17.7 Å². The van der Waals surface area contributed by atoms with Gasteiger partial charge in [0.1, 0.15) is 5.75 Å². The van der Waals surface area contributed by atoms with Crippen molar-refractivity contribution in [1.82, 2.24) is 4.90 Å². The van der Waals surface area contributed by atoms with E-state index in [2.05, 4.69) is 76.2 Å². The van der Waals surface area contributed by atoms with Crippen molar-refractivity contribution in [1.29, 1.82) is 0 Å². The van der Waals surface area contributed by atoms with E-state index in [0.717, 1.165) is 39.9 Å². The Labute approximate surface area is 295 Å². The number of carbonyl (C=O) groups excluding carboxylic acids is 3. The number of rotatable bonds is 10. The zero-order chi connectivity index (χ0) is 35.6. The van der Waals surface area contributed by atoms with Crippen molar-refractivity contribution in [3.05, 3.63) is 107 Å². The maximum absolute atomic E-state index is 13.7. The molecular weight excluding hydrogens is 647 g/mol. The number of allylic oxidation sites excluding steroid dienone is 1. The van der Waals surface area contributed by atoms with Crippen LogP contribution in [0.5, 0.6) is 5.75 Å². The van der Waals surface area contributed by atoms with Gasteiger partial charge in [-0.2, -0.15) is 4.90 Å². The number of methoxy groups -OCH3 is 1. The number of phenolic OH excluding ortho intramolecular Hbond substituents is 1. The lowest BCUT2D eigenvalue weighted by molar-refractivity contribution is -0.137. The highest BCUT2D eigenvalue weighted by Gasteiger charge is 2.59. The van der Waals surface area contributed by atoms with Crippen LogP contribution in [0.2, 0.25) is 5.04 Å². The average Bonchev–Trinajstić information content (AvgIpc) is 3.65. The van der Waals surface area contributed by atoms with Crippen molar-refractivity contribution < 1.29 is 33.4 Å². The average molecular weight is 694 g/mol. The van der Waals surface area contributed by atoms with Crippen LogP contribution in [-0.4, -0.2) is 62.7 Å². The lowest BCUT2D eigenvalue weighted by Gasteiger charge is -2.44. The highest BCUT2D eigenvalue weighted by atomic mass is 28.4. The summed E-state index contributed by atoms with van der Waals surface area (Å²) in [6.07, 6.45) is 3.31. The molecule has 3 aliphatic rings. The summed E-state index contributed by atoms with van der Waals surface area (Å²) < 4.78 is 18.8. The molecule has 262 valence electrons. The fourth-order valence-corrected chi connectivity index (χ4v) is 12.9. The van der Waals surface area contributed by atoms with Gasteiger partial charge in [-0.15, -0.1) is 0 Å². The van der Waals surface area contributed by atoms with Crippen molar-refractivity contribution >= 4 is 42.7 Å². The normalized spacial score (nSPS) is 22.5. The summed E-state index contributed by atoms with van der Waals surface area (Å²) in [5, 5.41) is 12.4. The van der Waals surface area contributed by atoms with Crippen molar-refractivity contribution in [2.75, 3.05) is 20.3 Å². The Kier molecular flexibility index (Phi) is 10.3. The number of hydrogen-bond acceptors (Lipinski definition) is 7. The monoisotopic (exact) mass is 693 g/mol. The molecule has 2 saturated heterocycles. The van der Waals surface area contributed by atoms with Crippen LogP contribution >= 0.6 is 0 Å². The molecule has 0 aromatic heterocycles. The molecule has 8 nitrogen and oxygen atoms in total. The molecule has 4 atom stereocenters. The van der Waals surface area contributed by atoms with E-state index in [1.807, 2.05) is 30.3 Å². The molecule has 0 unspecified atom stereocenters. The lowest BCUT2D eigenvalue weighted by atomic mass is 9.69. The number of carbonyl (C=O) groups is 3. The number of aromatic hydroxyl groups is 1. The third-order valence-corrected chi connectivity index (χ3v) is 15.7. The minimum Gasteiger partial charge on any atom is -0.507 e. The van der Waals surface area contributed by atoms with E-state index in [9.17, 15) is 19.5 Å². The fraction of sp³-hybridized carbons (Fsp3) is 0.390. The van der Waals surface area contributed by atoms with Gasteiger partial charge in [-0.1, -0.05) is 118 Å². The molecule has 0 spiro atoms. The van der Waals surface area contributed by atoms with Gasteiger partial charge in [0.05, 0.1) is 38.3 Å². The Morgan fingerprint density at radius 1 is 0.940 bits per heavy atom. The smallest absolute Gasteiger partial charge is 0.423 e. The van der Waals surface area contributed by atoms with Gasteiger partial charge in [0.2, 0.25) is 11.8 Å². The molecule has 1 N–H and O–H groups in total. The van der Waals surface area contributed by atoms with Crippen LogP contribution in [-0.2, 0) is 23.5 Å². The number of fused-ring (bicyclic) bond motifs is 3. The minimum absolute atomic E-state index is 0.235. The zero-order valence-electron chi connectivity index (χ0n) is 29.6. The maximum atomic E-state index is 13.7. The van der Waals surface area contributed by atoms with Crippen molar-refractivity contribution in [3.63, 3.8) is 0 Å². The van der Waals surface area contributed by atoms with Gasteiger partial charge in [0.15, 0.2) is 0 Å². The quantitative estimate of drug-likeness (QED) is 0.145. The van der Waals surface area contributed by atoms with Crippen LogP contribution < -0.4 is 10.4 Å². The Balaban J connectivity index is 1.40. The largest absolute Gasteiger partial charge is 0.507 e.